The maximum absolute atomic E-state index is 13.3. The van der Waals surface area contributed by atoms with Gasteiger partial charge in [0.1, 0.15) is 6.33 Å². The average molecular weight is 474 g/mol. The maximum Gasteiger partial charge on any atom is 0.258 e. The van der Waals surface area contributed by atoms with Crippen molar-refractivity contribution >= 4 is 21.9 Å². The molecule has 0 saturated carbocycles. The normalized spacial score (nSPS) is 13.9. The van der Waals surface area contributed by atoms with Crippen LogP contribution in [0.5, 0.6) is 0 Å². The van der Waals surface area contributed by atoms with Crippen LogP contribution in [0.25, 0.3) is 0 Å². The van der Waals surface area contributed by atoms with Crippen molar-refractivity contribution in [3.63, 3.8) is 0 Å². The van der Waals surface area contributed by atoms with Gasteiger partial charge in [0.25, 0.3) is 5.91 Å². The van der Waals surface area contributed by atoms with E-state index in [0.717, 1.165) is 11.1 Å². The largest absolute Gasteiger partial charge is 0.289 e. The summed E-state index contributed by atoms with van der Waals surface area (Å²) in [6, 6.07) is 23.7. The number of carbonyl (C=O) groups is 1. The van der Waals surface area contributed by atoms with E-state index in [0.29, 0.717) is 26.1 Å². The minimum atomic E-state index is -3.75. The van der Waals surface area contributed by atoms with Gasteiger partial charge in [0.05, 0.1) is 11.4 Å². The van der Waals surface area contributed by atoms with E-state index in [1.807, 2.05) is 54.6 Å². The molecule has 3 aromatic carbocycles. The van der Waals surface area contributed by atoms with Gasteiger partial charge in [0.2, 0.25) is 16.0 Å². The summed E-state index contributed by atoms with van der Waals surface area (Å²) in [4.78, 5) is 17.0. The molecule has 1 aliphatic rings. The highest BCUT2D eigenvalue weighted by Crippen LogP contribution is 2.25. The van der Waals surface area contributed by atoms with Gasteiger partial charge in [-0.25, -0.2) is 18.1 Å². The number of nitrogens with one attached hydrogen (secondary N) is 1. The molecule has 2 heterocycles. The number of amides is 1. The molecule has 0 radical (unpaired) electrons. The lowest BCUT2D eigenvalue weighted by Gasteiger charge is -2.28. The van der Waals surface area contributed by atoms with Gasteiger partial charge in [-0.15, -0.1) is 5.10 Å². The Morgan fingerprint density at radius 3 is 2.53 bits per heavy atom. The van der Waals surface area contributed by atoms with Gasteiger partial charge in [-0.3, -0.25) is 10.1 Å². The monoisotopic (exact) mass is 473 g/mol. The summed E-state index contributed by atoms with van der Waals surface area (Å²) in [5.41, 5.74) is 3.45. The average Bonchev–Trinajstić information content (AvgIpc) is 3.30. The van der Waals surface area contributed by atoms with E-state index in [9.17, 15) is 13.2 Å². The highest BCUT2D eigenvalue weighted by molar-refractivity contribution is 7.89. The summed E-state index contributed by atoms with van der Waals surface area (Å²) in [6.07, 6.45) is 2.20. The summed E-state index contributed by atoms with van der Waals surface area (Å²) >= 11 is 0. The Balaban J connectivity index is 1.30. The third-order valence-corrected chi connectivity index (χ3v) is 7.62. The number of aromatic nitrogens is 3. The molecule has 1 amide bonds. The van der Waals surface area contributed by atoms with Crippen LogP contribution in [-0.4, -0.2) is 39.9 Å². The van der Waals surface area contributed by atoms with Crippen LogP contribution in [0.4, 0.5) is 5.95 Å². The minimum Gasteiger partial charge on any atom is -0.289 e. The predicted octanol–water partition coefficient (Wildman–Crippen LogP) is 3.33. The molecule has 9 heteroatoms. The number of hydrogen-bond acceptors (Lipinski definition) is 5. The zero-order valence-corrected chi connectivity index (χ0v) is 19.1. The summed E-state index contributed by atoms with van der Waals surface area (Å²) in [7, 11) is -3.75. The summed E-state index contributed by atoms with van der Waals surface area (Å²) < 4.78 is 29.6. The molecule has 1 aliphatic heterocycles. The molecule has 5 rings (SSSR count). The fourth-order valence-electron chi connectivity index (χ4n) is 3.99. The molecule has 0 unspecified atom stereocenters. The molecular weight excluding hydrogens is 450 g/mol. The lowest BCUT2D eigenvalue weighted by Crippen LogP contribution is -2.36. The van der Waals surface area contributed by atoms with E-state index in [4.69, 9.17) is 0 Å². The number of rotatable bonds is 6. The van der Waals surface area contributed by atoms with Crippen molar-refractivity contribution in [3.05, 3.63) is 107 Å². The molecule has 0 aliphatic carbocycles. The van der Waals surface area contributed by atoms with Crippen LogP contribution in [0.2, 0.25) is 0 Å². The highest BCUT2D eigenvalue weighted by atomic mass is 32.2. The van der Waals surface area contributed by atoms with Crippen LogP contribution in [0.15, 0.2) is 90.1 Å². The van der Waals surface area contributed by atoms with Crippen LogP contribution in [0.3, 0.4) is 0 Å². The second-order valence-electron chi connectivity index (χ2n) is 8.09. The SMILES string of the molecule is O=C(Nc1ncn(Cc2ccccc2)n1)c1cccc(S(=O)(=O)N2CCc3ccccc3C2)c1. The minimum absolute atomic E-state index is 0.0853. The molecule has 34 heavy (non-hydrogen) atoms. The van der Waals surface area contributed by atoms with Crippen molar-refractivity contribution in [3.8, 4) is 0 Å². The smallest absolute Gasteiger partial charge is 0.258 e. The number of anilines is 1. The van der Waals surface area contributed by atoms with Crippen molar-refractivity contribution in [2.75, 3.05) is 11.9 Å². The molecule has 0 atom stereocenters. The Labute approximate surface area is 197 Å². The lowest BCUT2D eigenvalue weighted by atomic mass is 10.0. The number of nitrogens with zero attached hydrogens (tertiary/aromatic N) is 4. The van der Waals surface area contributed by atoms with Gasteiger partial charge >= 0.3 is 0 Å². The lowest BCUT2D eigenvalue weighted by molar-refractivity contribution is 0.102. The van der Waals surface area contributed by atoms with E-state index >= 15 is 0 Å². The standard InChI is InChI=1S/C25H23N5O3S/c31-24(27-25-26-18-29(28-25)16-19-7-2-1-3-8-19)21-11-6-12-23(15-21)34(32,33)30-14-13-20-9-4-5-10-22(20)17-30/h1-12,15,18H,13-14,16-17H2,(H,27,28,31). The predicted molar refractivity (Wildman–Crippen MR) is 128 cm³/mol. The van der Waals surface area contributed by atoms with Gasteiger partial charge in [0.15, 0.2) is 0 Å². The Morgan fingerprint density at radius 1 is 0.941 bits per heavy atom. The first-order chi connectivity index (χ1) is 16.5. The van der Waals surface area contributed by atoms with Crippen molar-refractivity contribution in [1.29, 1.82) is 0 Å². The Hall–Kier alpha value is -3.82. The molecule has 0 bridgehead atoms. The molecular formula is C25H23N5O3S. The number of hydrogen-bond donors (Lipinski definition) is 1. The van der Waals surface area contributed by atoms with Crippen molar-refractivity contribution < 1.29 is 13.2 Å². The third-order valence-electron chi connectivity index (χ3n) is 5.78. The fourth-order valence-corrected chi connectivity index (χ4v) is 5.46. The van der Waals surface area contributed by atoms with Gasteiger partial charge in [0, 0.05) is 18.7 Å². The molecule has 0 fully saturated rings. The van der Waals surface area contributed by atoms with Crippen LogP contribution in [-0.2, 0) is 29.5 Å². The zero-order valence-electron chi connectivity index (χ0n) is 18.3. The zero-order chi connectivity index (χ0) is 23.5. The Morgan fingerprint density at radius 2 is 1.71 bits per heavy atom. The van der Waals surface area contributed by atoms with Crippen molar-refractivity contribution in [2.24, 2.45) is 0 Å². The topological polar surface area (TPSA) is 97.2 Å². The van der Waals surface area contributed by atoms with Crippen molar-refractivity contribution in [1.82, 2.24) is 19.1 Å². The summed E-state index contributed by atoms with van der Waals surface area (Å²) in [5, 5.41) is 6.93. The number of sulfonamides is 1. The van der Waals surface area contributed by atoms with Crippen molar-refractivity contribution in [2.45, 2.75) is 24.4 Å². The van der Waals surface area contributed by atoms with Crippen LogP contribution in [0.1, 0.15) is 27.0 Å². The first-order valence-corrected chi connectivity index (χ1v) is 12.3. The first kappa shape index (κ1) is 22.0. The molecule has 4 aromatic rings. The van der Waals surface area contributed by atoms with Gasteiger partial charge in [-0.05, 0) is 41.3 Å². The molecule has 8 nitrogen and oxygen atoms in total. The fraction of sp³-hybridized carbons (Fsp3) is 0.160. The van der Waals surface area contributed by atoms with Crippen LogP contribution < -0.4 is 5.32 Å². The molecule has 0 saturated heterocycles. The van der Waals surface area contributed by atoms with Gasteiger partial charge in [-0.1, -0.05) is 60.7 Å². The van der Waals surface area contributed by atoms with Crippen LogP contribution >= 0.6 is 0 Å². The first-order valence-electron chi connectivity index (χ1n) is 10.9. The molecule has 1 N–H and O–H groups in total. The maximum atomic E-state index is 13.3. The Kier molecular flexibility index (Phi) is 5.95. The van der Waals surface area contributed by atoms with E-state index < -0.39 is 15.9 Å². The summed E-state index contributed by atoms with van der Waals surface area (Å²) in [6.45, 7) is 1.24. The summed E-state index contributed by atoms with van der Waals surface area (Å²) in [5.74, 6) is -0.319. The van der Waals surface area contributed by atoms with E-state index in [1.54, 1.807) is 16.8 Å². The van der Waals surface area contributed by atoms with Gasteiger partial charge < -0.3 is 0 Å². The van der Waals surface area contributed by atoms with E-state index in [1.165, 1.54) is 28.3 Å². The van der Waals surface area contributed by atoms with Crippen LogP contribution in [0, 0.1) is 0 Å². The number of carbonyl (C=O) groups excluding carboxylic acids is 1. The van der Waals surface area contributed by atoms with E-state index in [2.05, 4.69) is 15.4 Å². The highest BCUT2D eigenvalue weighted by Gasteiger charge is 2.28. The third kappa shape index (κ3) is 4.61. The Bertz CT molecular complexity index is 1430. The quantitative estimate of drug-likeness (QED) is 0.463. The number of benzene rings is 3. The van der Waals surface area contributed by atoms with E-state index in [-0.39, 0.29) is 16.4 Å². The molecule has 172 valence electrons. The molecule has 1 aromatic heterocycles. The second-order valence-corrected chi connectivity index (χ2v) is 10.0. The van der Waals surface area contributed by atoms with Gasteiger partial charge in [-0.2, -0.15) is 4.31 Å². The number of fused-ring (bicyclic) bond motifs is 1. The second kappa shape index (κ2) is 9.20. The molecule has 0 spiro atoms.